The number of nitro groups is 1. The molecule has 7 nitrogen and oxygen atoms in total. The molecule has 1 heterocycles. The van der Waals surface area contributed by atoms with E-state index in [0.29, 0.717) is 6.54 Å². The van der Waals surface area contributed by atoms with E-state index in [0.717, 1.165) is 12.4 Å². The monoisotopic (exact) mass is 278 g/mol. The lowest BCUT2D eigenvalue weighted by Crippen LogP contribution is -2.06. The number of ether oxygens (including phenoxy) is 1. The number of hydrogen-bond acceptors (Lipinski definition) is 6. The number of hydrogen-bond donors (Lipinski definition) is 1. The topological polar surface area (TPSA) is 90.2 Å². The zero-order valence-corrected chi connectivity index (χ0v) is 10.5. The highest BCUT2D eigenvalue weighted by molar-refractivity contribution is 5.61. The molecule has 0 bridgehead atoms. The number of halogens is 1. The SMILES string of the molecule is CCNc1ncnc(Oc2cccc(F)c2)c1[N+](=O)[O-]. The van der Waals surface area contributed by atoms with Gasteiger partial charge in [0.05, 0.1) is 4.92 Å². The molecule has 0 amide bonds. The number of nitrogens with zero attached hydrogens (tertiary/aromatic N) is 3. The molecular weight excluding hydrogens is 267 g/mol. The summed E-state index contributed by atoms with van der Waals surface area (Å²) < 4.78 is 18.3. The zero-order chi connectivity index (χ0) is 14.5. The van der Waals surface area contributed by atoms with Crippen LogP contribution in [0.25, 0.3) is 0 Å². The van der Waals surface area contributed by atoms with Crippen LogP contribution in [0, 0.1) is 15.9 Å². The molecule has 0 saturated heterocycles. The maximum absolute atomic E-state index is 13.1. The average molecular weight is 278 g/mol. The van der Waals surface area contributed by atoms with Crippen molar-refractivity contribution in [2.75, 3.05) is 11.9 Å². The van der Waals surface area contributed by atoms with Crippen LogP contribution in [0.4, 0.5) is 15.9 Å². The molecule has 0 unspecified atom stereocenters. The van der Waals surface area contributed by atoms with Crippen molar-refractivity contribution in [3.63, 3.8) is 0 Å². The summed E-state index contributed by atoms with van der Waals surface area (Å²) in [4.78, 5) is 18.0. The highest BCUT2D eigenvalue weighted by Gasteiger charge is 2.24. The number of nitrogens with one attached hydrogen (secondary N) is 1. The summed E-state index contributed by atoms with van der Waals surface area (Å²) >= 11 is 0. The molecule has 1 aromatic carbocycles. The largest absolute Gasteiger partial charge is 0.433 e. The summed E-state index contributed by atoms with van der Waals surface area (Å²) in [5, 5.41) is 13.9. The third-order valence-electron chi connectivity index (χ3n) is 2.33. The quantitative estimate of drug-likeness (QED) is 0.668. The van der Waals surface area contributed by atoms with Crippen molar-refractivity contribution in [2.45, 2.75) is 6.92 Å². The van der Waals surface area contributed by atoms with Gasteiger partial charge in [-0.25, -0.2) is 9.37 Å². The van der Waals surface area contributed by atoms with E-state index in [1.165, 1.54) is 18.2 Å². The van der Waals surface area contributed by atoms with Crippen molar-refractivity contribution in [3.8, 4) is 11.6 Å². The number of aromatic nitrogens is 2. The third kappa shape index (κ3) is 2.97. The number of benzene rings is 1. The second-order valence-electron chi connectivity index (χ2n) is 3.72. The fourth-order valence-corrected chi connectivity index (χ4v) is 1.54. The van der Waals surface area contributed by atoms with Crippen LogP contribution in [0.2, 0.25) is 0 Å². The van der Waals surface area contributed by atoms with E-state index < -0.39 is 16.4 Å². The van der Waals surface area contributed by atoms with Crippen LogP contribution in [-0.4, -0.2) is 21.4 Å². The molecule has 0 aliphatic heterocycles. The fraction of sp³-hybridized carbons (Fsp3) is 0.167. The highest BCUT2D eigenvalue weighted by atomic mass is 19.1. The Hall–Kier alpha value is -2.77. The molecule has 0 atom stereocenters. The number of anilines is 1. The molecule has 0 fully saturated rings. The predicted molar refractivity (Wildman–Crippen MR) is 69.3 cm³/mol. The first-order chi connectivity index (χ1) is 9.61. The molecule has 2 rings (SSSR count). The van der Waals surface area contributed by atoms with Gasteiger partial charge in [-0.05, 0) is 19.1 Å². The van der Waals surface area contributed by atoms with E-state index in [4.69, 9.17) is 4.74 Å². The van der Waals surface area contributed by atoms with Gasteiger partial charge in [-0.15, -0.1) is 0 Å². The van der Waals surface area contributed by atoms with Crippen molar-refractivity contribution in [1.82, 2.24) is 9.97 Å². The minimum absolute atomic E-state index is 0.0545. The Labute approximate surface area is 113 Å². The minimum Gasteiger partial charge on any atom is -0.433 e. The molecular formula is C12H11FN4O3. The molecule has 0 spiro atoms. The van der Waals surface area contributed by atoms with E-state index >= 15 is 0 Å². The van der Waals surface area contributed by atoms with Gasteiger partial charge in [-0.3, -0.25) is 10.1 Å². The zero-order valence-electron chi connectivity index (χ0n) is 10.5. The molecule has 1 aromatic heterocycles. The van der Waals surface area contributed by atoms with Gasteiger partial charge >= 0.3 is 11.6 Å². The summed E-state index contributed by atoms with van der Waals surface area (Å²) in [7, 11) is 0. The first kappa shape index (κ1) is 13.7. The molecule has 0 aliphatic rings. The van der Waals surface area contributed by atoms with Gasteiger partial charge in [0.15, 0.2) is 0 Å². The summed E-state index contributed by atoms with van der Waals surface area (Å²) in [6, 6.07) is 5.26. The van der Waals surface area contributed by atoms with Crippen molar-refractivity contribution >= 4 is 11.5 Å². The van der Waals surface area contributed by atoms with Crippen LogP contribution < -0.4 is 10.1 Å². The Morgan fingerprint density at radius 1 is 1.45 bits per heavy atom. The molecule has 0 radical (unpaired) electrons. The lowest BCUT2D eigenvalue weighted by Gasteiger charge is -2.08. The molecule has 1 N–H and O–H groups in total. The minimum atomic E-state index is -0.646. The number of rotatable bonds is 5. The van der Waals surface area contributed by atoms with E-state index in [1.807, 2.05) is 0 Å². The van der Waals surface area contributed by atoms with Crippen LogP contribution in [0.3, 0.4) is 0 Å². The predicted octanol–water partition coefficient (Wildman–Crippen LogP) is 2.75. The van der Waals surface area contributed by atoms with Gasteiger partial charge in [0, 0.05) is 12.6 Å². The van der Waals surface area contributed by atoms with Crippen molar-refractivity contribution < 1.29 is 14.1 Å². The molecule has 104 valence electrons. The lowest BCUT2D eigenvalue weighted by atomic mass is 10.3. The molecule has 8 heteroatoms. The Bertz CT molecular complexity index is 636. The normalized spacial score (nSPS) is 10.1. The van der Waals surface area contributed by atoms with Crippen LogP contribution in [0.5, 0.6) is 11.6 Å². The van der Waals surface area contributed by atoms with E-state index in [1.54, 1.807) is 6.92 Å². The molecule has 0 saturated carbocycles. The average Bonchev–Trinajstić information content (AvgIpc) is 2.39. The van der Waals surface area contributed by atoms with Gasteiger partial charge in [-0.2, -0.15) is 4.98 Å². The Balaban J connectivity index is 2.40. The van der Waals surface area contributed by atoms with E-state index in [9.17, 15) is 14.5 Å². The summed E-state index contributed by atoms with van der Waals surface area (Å²) in [5.41, 5.74) is -0.390. The summed E-state index contributed by atoms with van der Waals surface area (Å²) in [5.74, 6) is -0.578. The van der Waals surface area contributed by atoms with Crippen molar-refractivity contribution in [2.24, 2.45) is 0 Å². The molecule has 0 aliphatic carbocycles. The van der Waals surface area contributed by atoms with E-state index in [-0.39, 0.29) is 17.4 Å². The summed E-state index contributed by atoms with van der Waals surface area (Å²) in [6.45, 7) is 2.23. The first-order valence-corrected chi connectivity index (χ1v) is 5.78. The second-order valence-corrected chi connectivity index (χ2v) is 3.72. The third-order valence-corrected chi connectivity index (χ3v) is 2.33. The van der Waals surface area contributed by atoms with Gasteiger partial charge in [-0.1, -0.05) is 6.07 Å². The van der Waals surface area contributed by atoms with Crippen LogP contribution in [0.1, 0.15) is 6.92 Å². The van der Waals surface area contributed by atoms with Gasteiger partial charge < -0.3 is 10.1 Å². The van der Waals surface area contributed by atoms with Crippen molar-refractivity contribution in [1.29, 1.82) is 0 Å². The smallest absolute Gasteiger partial charge is 0.373 e. The molecule has 20 heavy (non-hydrogen) atoms. The van der Waals surface area contributed by atoms with Crippen LogP contribution >= 0.6 is 0 Å². The maximum Gasteiger partial charge on any atom is 0.373 e. The van der Waals surface area contributed by atoms with Gasteiger partial charge in [0.25, 0.3) is 0 Å². The maximum atomic E-state index is 13.1. The van der Waals surface area contributed by atoms with E-state index in [2.05, 4.69) is 15.3 Å². The lowest BCUT2D eigenvalue weighted by molar-refractivity contribution is -0.385. The standard InChI is InChI=1S/C12H11FN4O3/c1-2-14-11-10(17(18)19)12(16-7-15-11)20-9-5-3-4-8(13)6-9/h3-7H,2H2,1H3,(H,14,15,16). The summed E-state index contributed by atoms with van der Waals surface area (Å²) in [6.07, 6.45) is 1.14. The van der Waals surface area contributed by atoms with Crippen LogP contribution in [-0.2, 0) is 0 Å². The Morgan fingerprint density at radius 3 is 2.90 bits per heavy atom. The van der Waals surface area contributed by atoms with Gasteiger partial charge in [0.2, 0.25) is 5.82 Å². The fourth-order valence-electron chi connectivity index (χ4n) is 1.54. The highest BCUT2D eigenvalue weighted by Crippen LogP contribution is 2.33. The molecule has 2 aromatic rings. The van der Waals surface area contributed by atoms with Gasteiger partial charge in [0.1, 0.15) is 17.9 Å². The first-order valence-electron chi connectivity index (χ1n) is 5.78. The Kier molecular flexibility index (Phi) is 4.04. The Morgan fingerprint density at radius 2 is 2.25 bits per heavy atom. The second kappa shape index (κ2) is 5.91. The van der Waals surface area contributed by atoms with Crippen LogP contribution in [0.15, 0.2) is 30.6 Å². The van der Waals surface area contributed by atoms with Crippen molar-refractivity contribution in [3.05, 3.63) is 46.5 Å².